The Morgan fingerprint density at radius 2 is 1.81 bits per heavy atom. The van der Waals surface area contributed by atoms with Gasteiger partial charge in [0.1, 0.15) is 12.1 Å². The molecule has 0 radical (unpaired) electrons. The Balaban J connectivity index is -0.000000845. The molecular weight excluding hydrogens is 272 g/mol. The number of nitrogens with one attached hydrogen (secondary N) is 1. The van der Waals surface area contributed by atoms with E-state index in [0.29, 0.717) is 0 Å². The number of hydrogen-bond acceptors (Lipinski definition) is 3. The number of carboxylic acids is 1. The summed E-state index contributed by atoms with van der Waals surface area (Å²) in [6.07, 6.45) is -4.92. The van der Waals surface area contributed by atoms with Gasteiger partial charge in [-0.1, -0.05) is 0 Å². The molecule has 0 saturated heterocycles. The monoisotopic (exact) mass is 286 g/mol. The Labute approximate surface area is 104 Å². The van der Waals surface area contributed by atoms with Crippen LogP contribution in [0, 0.1) is 0 Å². The summed E-state index contributed by atoms with van der Waals surface area (Å²) in [6.45, 7) is 0. The molecule has 0 aliphatic carbocycles. The summed E-state index contributed by atoms with van der Waals surface area (Å²) < 4.78 is 36.4. The first kappa shape index (κ1) is 21.1. The second-order valence-electron chi connectivity index (χ2n) is 2.90. The number of nitrogens with two attached hydrogens (primary N) is 1. The Morgan fingerprint density at radius 3 is 2.06 bits per heavy atom. The predicted molar refractivity (Wildman–Crippen MR) is 58.2 cm³/mol. The second kappa shape index (κ2) is 8.86. The van der Waals surface area contributed by atoms with Crippen LogP contribution < -0.4 is 11.1 Å². The van der Waals surface area contributed by atoms with Crippen molar-refractivity contribution in [2.45, 2.75) is 31.1 Å². The van der Waals surface area contributed by atoms with Crippen LogP contribution in [-0.2, 0) is 4.79 Å². The van der Waals surface area contributed by atoms with Gasteiger partial charge in [0.2, 0.25) is 0 Å². The number of halogens is 5. The minimum Gasteiger partial charge on any atom is -0.480 e. The van der Waals surface area contributed by atoms with Gasteiger partial charge in [0.25, 0.3) is 0 Å². The molecule has 0 saturated carbocycles. The zero-order valence-electron chi connectivity index (χ0n) is 8.45. The summed E-state index contributed by atoms with van der Waals surface area (Å²) in [5.41, 5.74) is 5.07. The van der Waals surface area contributed by atoms with E-state index in [9.17, 15) is 18.0 Å². The Morgan fingerprint density at radius 1 is 1.38 bits per heavy atom. The lowest BCUT2D eigenvalue weighted by Crippen LogP contribution is -2.42. The van der Waals surface area contributed by atoms with Crippen molar-refractivity contribution in [2.24, 2.45) is 5.73 Å². The molecule has 0 rings (SSSR count). The van der Waals surface area contributed by atoms with Crippen molar-refractivity contribution in [3.05, 3.63) is 0 Å². The van der Waals surface area contributed by atoms with Gasteiger partial charge in [-0.05, 0) is 19.9 Å². The second-order valence-corrected chi connectivity index (χ2v) is 2.90. The number of rotatable bonds is 5. The molecule has 0 unspecified atom stereocenters. The average Bonchev–Trinajstić information content (AvgIpc) is 2.02. The van der Waals surface area contributed by atoms with E-state index in [0.717, 1.165) is 0 Å². The molecule has 2 atom stereocenters. The standard InChI is InChI=1S/C7H13F3N2O2.2ClH/c1-12-5(7(8,9)10)3-2-4(11)6(13)14;;/h4-5,12H,2-3,11H2,1H3,(H,13,14);2*1H/t4-,5-;;/m1../s1. The molecule has 100 valence electrons. The topological polar surface area (TPSA) is 75.3 Å². The minimum atomic E-state index is -4.37. The van der Waals surface area contributed by atoms with Gasteiger partial charge in [-0.25, -0.2) is 0 Å². The summed E-state index contributed by atoms with van der Waals surface area (Å²) >= 11 is 0. The number of hydrogen-bond donors (Lipinski definition) is 3. The summed E-state index contributed by atoms with van der Waals surface area (Å²) in [5.74, 6) is -1.29. The summed E-state index contributed by atoms with van der Waals surface area (Å²) in [6, 6.07) is -2.94. The third kappa shape index (κ3) is 7.98. The molecule has 0 aromatic heterocycles. The molecular formula is C7H15Cl2F3N2O2. The van der Waals surface area contributed by atoms with E-state index in [-0.39, 0.29) is 37.7 Å². The van der Waals surface area contributed by atoms with Crippen LogP contribution in [0.5, 0.6) is 0 Å². The number of carboxylic acid groups (broad SMARTS) is 1. The molecule has 0 aromatic carbocycles. The molecule has 0 amide bonds. The van der Waals surface area contributed by atoms with Crippen LogP contribution in [0.3, 0.4) is 0 Å². The van der Waals surface area contributed by atoms with E-state index < -0.39 is 24.2 Å². The van der Waals surface area contributed by atoms with Crippen LogP contribution in [0.2, 0.25) is 0 Å². The van der Waals surface area contributed by atoms with Crippen molar-refractivity contribution in [3.8, 4) is 0 Å². The quantitative estimate of drug-likeness (QED) is 0.709. The summed E-state index contributed by atoms with van der Waals surface area (Å²) in [7, 11) is 1.17. The van der Waals surface area contributed by atoms with E-state index in [4.69, 9.17) is 10.8 Å². The fourth-order valence-electron chi connectivity index (χ4n) is 0.941. The molecule has 0 fully saturated rings. The molecule has 16 heavy (non-hydrogen) atoms. The van der Waals surface area contributed by atoms with Crippen LogP contribution in [-0.4, -0.2) is 36.4 Å². The molecule has 9 heteroatoms. The molecule has 0 aromatic rings. The van der Waals surface area contributed by atoms with E-state index in [1.165, 1.54) is 7.05 Å². The first-order valence-electron chi connectivity index (χ1n) is 4.01. The van der Waals surface area contributed by atoms with Gasteiger partial charge in [0.15, 0.2) is 0 Å². The molecule has 0 aliphatic rings. The number of aliphatic carboxylic acids is 1. The van der Waals surface area contributed by atoms with Gasteiger partial charge in [0, 0.05) is 0 Å². The van der Waals surface area contributed by atoms with Crippen LogP contribution in [0.1, 0.15) is 12.8 Å². The highest BCUT2D eigenvalue weighted by atomic mass is 35.5. The predicted octanol–water partition coefficient (Wildman–Crippen LogP) is 1.17. The highest BCUT2D eigenvalue weighted by Crippen LogP contribution is 2.23. The van der Waals surface area contributed by atoms with Crippen molar-refractivity contribution in [2.75, 3.05) is 7.05 Å². The van der Waals surface area contributed by atoms with Crippen LogP contribution in [0.25, 0.3) is 0 Å². The molecule has 0 spiro atoms. The zero-order valence-corrected chi connectivity index (χ0v) is 10.1. The van der Waals surface area contributed by atoms with Crippen molar-refractivity contribution < 1.29 is 23.1 Å². The molecule has 0 bridgehead atoms. The van der Waals surface area contributed by atoms with E-state index >= 15 is 0 Å². The normalized spacial score (nSPS) is 14.3. The van der Waals surface area contributed by atoms with E-state index in [1.807, 2.05) is 0 Å². The lowest BCUT2D eigenvalue weighted by Gasteiger charge is -2.20. The third-order valence-corrected chi connectivity index (χ3v) is 1.83. The largest absolute Gasteiger partial charge is 0.480 e. The van der Waals surface area contributed by atoms with Gasteiger partial charge in [-0.3, -0.25) is 4.79 Å². The van der Waals surface area contributed by atoms with E-state index in [1.54, 1.807) is 0 Å². The Bertz CT molecular complexity index is 205. The maximum Gasteiger partial charge on any atom is 0.403 e. The van der Waals surface area contributed by atoms with Crippen LogP contribution in [0.4, 0.5) is 13.2 Å². The molecule has 4 N–H and O–H groups in total. The Kier molecular flexibility index (Phi) is 11.7. The summed E-state index contributed by atoms with van der Waals surface area (Å²) in [5, 5.41) is 10.4. The third-order valence-electron chi connectivity index (χ3n) is 1.83. The van der Waals surface area contributed by atoms with Crippen molar-refractivity contribution in [3.63, 3.8) is 0 Å². The van der Waals surface area contributed by atoms with Crippen LogP contribution >= 0.6 is 24.8 Å². The number of carbonyl (C=O) groups is 1. The summed E-state index contributed by atoms with van der Waals surface area (Å²) in [4.78, 5) is 10.2. The SMILES string of the molecule is CN[C@H](CC[C@@H](N)C(=O)O)C(F)(F)F.Cl.Cl. The fourth-order valence-corrected chi connectivity index (χ4v) is 0.941. The fraction of sp³-hybridized carbons (Fsp3) is 0.857. The van der Waals surface area contributed by atoms with Gasteiger partial charge in [-0.15, -0.1) is 24.8 Å². The molecule has 0 aliphatic heterocycles. The highest BCUT2D eigenvalue weighted by molar-refractivity contribution is 5.85. The van der Waals surface area contributed by atoms with Gasteiger partial charge >= 0.3 is 12.1 Å². The smallest absolute Gasteiger partial charge is 0.403 e. The minimum absolute atomic E-state index is 0. The van der Waals surface area contributed by atoms with Gasteiger partial charge < -0.3 is 16.2 Å². The molecule has 4 nitrogen and oxygen atoms in total. The van der Waals surface area contributed by atoms with Gasteiger partial charge in [0.05, 0.1) is 0 Å². The first-order chi connectivity index (χ1) is 6.29. The number of alkyl halides is 3. The average molecular weight is 287 g/mol. The highest BCUT2D eigenvalue weighted by Gasteiger charge is 2.38. The maximum atomic E-state index is 12.1. The lowest BCUT2D eigenvalue weighted by molar-refractivity contribution is -0.157. The van der Waals surface area contributed by atoms with Crippen LogP contribution in [0.15, 0.2) is 0 Å². The Hall–Kier alpha value is -0.240. The van der Waals surface area contributed by atoms with Crippen molar-refractivity contribution in [1.29, 1.82) is 0 Å². The van der Waals surface area contributed by atoms with Crippen molar-refractivity contribution >= 4 is 30.8 Å². The first-order valence-corrected chi connectivity index (χ1v) is 4.01. The van der Waals surface area contributed by atoms with Gasteiger partial charge in [-0.2, -0.15) is 13.2 Å². The zero-order chi connectivity index (χ0) is 11.4. The van der Waals surface area contributed by atoms with Crippen molar-refractivity contribution in [1.82, 2.24) is 5.32 Å². The van der Waals surface area contributed by atoms with E-state index in [2.05, 4.69) is 5.32 Å². The lowest BCUT2D eigenvalue weighted by atomic mass is 10.1. The molecule has 0 heterocycles. The maximum absolute atomic E-state index is 12.1.